The Labute approximate surface area is 175 Å². The Morgan fingerprint density at radius 2 is 1.73 bits per heavy atom. The number of alkyl halides is 3. The molecule has 166 valence electrons. The van der Waals surface area contributed by atoms with Crippen LogP contribution in [0.5, 0.6) is 0 Å². The van der Waals surface area contributed by atoms with Crippen LogP contribution >= 0.6 is 0 Å². The average Bonchev–Trinajstić information content (AvgIpc) is 3.14. The van der Waals surface area contributed by atoms with E-state index in [1.165, 1.54) is 6.07 Å². The first-order valence-electron chi connectivity index (χ1n) is 10.6. The van der Waals surface area contributed by atoms with Crippen molar-refractivity contribution in [3.8, 4) is 0 Å². The summed E-state index contributed by atoms with van der Waals surface area (Å²) in [5, 5.41) is 5.85. The molecule has 5 nitrogen and oxygen atoms in total. The van der Waals surface area contributed by atoms with E-state index in [4.69, 9.17) is 5.73 Å². The number of amides is 2. The van der Waals surface area contributed by atoms with Crippen molar-refractivity contribution < 1.29 is 22.8 Å². The Morgan fingerprint density at radius 1 is 1.10 bits per heavy atom. The molecule has 0 radical (unpaired) electrons. The zero-order valence-corrected chi connectivity index (χ0v) is 17.3. The monoisotopic (exact) mass is 425 g/mol. The van der Waals surface area contributed by atoms with Crippen molar-refractivity contribution >= 4 is 11.8 Å². The van der Waals surface area contributed by atoms with Crippen molar-refractivity contribution in [1.82, 2.24) is 10.6 Å². The molecule has 4 N–H and O–H groups in total. The predicted octanol–water partition coefficient (Wildman–Crippen LogP) is 3.69. The van der Waals surface area contributed by atoms with Gasteiger partial charge in [-0.25, -0.2) is 0 Å². The fourth-order valence-corrected chi connectivity index (χ4v) is 4.49. The number of rotatable bonds is 5. The number of halogens is 3. The topological polar surface area (TPSA) is 84.2 Å². The minimum absolute atomic E-state index is 0.0214. The summed E-state index contributed by atoms with van der Waals surface area (Å²) in [5.74, 6) is -0.310. The van der Waals surface area contributed by atoms with Crippen LogP contribution in [0.3, 0.4) is 0 Å². The molecule has 0 aliphatic heterocycles. The first kappa shape index (κ1) is 22.6. The highest BCUT2D eigenvalue weighted by molar-refractivity contribution is 5.94. The molecule has 0 heterocycles. The molecule has 1 aromatic carbocycles. The van der Waals surface area contributed by atoms with E-state index in [9.17, 15) is 22.8 Å². The normalized spacial score (nSPS) is 23.8. The highest BCUT2D eigenvalue weighted by atomic mass is 19.4. The lowest BCUT2D eigenvalue weighted by molar-refractivity contribution is -0.137. The van der Waals surface area contributed by atoms with Crippen LogP contribution in [0.2, 0.25) is 0 Å². The molecule has 0 saturated heterocycles. The zero-order chi connectivity index (χ0) is 21.9. The minimum atomic E-state index is -4.48. The molecule has 0 aromatic heterocycles. The number of aryl methyl sites for hydroxylation is 1. The zero-order valence-electron chi connectivity index (χ0n) is 17.3. The van der Waals surface area contributed by atoms with Gasteiger partial charge in [0.15, 0.2) is 0 Å². The molecule has 0 unspecified atom stereocenters. The molecular weight excluding hydrogens is 395 g/mol. The van der Waals surface area contributed by atoms with Gasteiger partial charge >= 0.3 is 6.18 Å². The molecule has 8 heteroatoms. The fourth-order valence-electron chi connectivity index (χ4n) is 4.49. The van der Waals surface area contributed by atoms with Crippen LogP contribution in [0.15, 0.2) is 18.2 Å². The van der Waals surface area contributed by atoms with E-state index in [0.717, 1.165) is 63.5 Å². The molecule has 3 rings (SSSR count). The number of benzene rings is 1. The number of nitrogens with one attached hydrogen (secondary N) is 2. The van der Waals surface area contributed by atoms with E-state index in [0.29, 0.717) is 12.1 Å². The average molecular weight is 425 g/mol. The predicted molar refractivity (Wildman–Crippen MR) is 108 cm³/mol. The second-order valence-corrected chi connectivity index (χ2v) is 8.85. The van der Waals surface area contributed by atoms with Gasteiger partial charge in [-0.1, -0.05) is 12.8 Å². The van der Waals surface area contributed by atoms with Crippen molar-refractivity contribution in [2.45, 2.75) is 76.0 Å². The molecule has 2 amide bonds. The smallest absolute Gasteiger partial charge is 0.352 e. The highest BCUT2D eigenvalue weighted by Crippen LogP contribution is 2.31. The van der Waals surface area contributed by atoms with Crippen molar-refractivity contribution in [3.63, 3.8) is 0 Å². The van der Waals surface area contributed by atoms with Crippen molar-refractivity contribution in [1.29, 1.82) is 0 Å². The molecule has 2 aliphatic rings. The molecule has 2 saturated carbocycles. The van der Waals surface area contributed by atoms with E-state index in [1.54, 1.807) is 6.92 Å². The summed E-state index contributed by atoms with van der Waals surface area (Å²) in [6.07, 6.45) is 2.25. The molecule has 0 bridgehead atoms. The SMILES string of the molecule is Cc1cc(C(=O)NCC2CCC(NC(=O)C3(N)CCCC3)CC2)cc(C(F)(F)F)c1. The maximum atomic E-state index is 13.0. The Hall–Kier alpha value is -2.09. The molecule has 30 heavy (non-hydrogen) atoms. The highest BCUT2D eigenvalue weighted by Gasteiger charge is 2.38. The summed E-state index contributed by atoms with van der Waals surface area (Å²) in [6.45, 7) is 1.95. The van der Waals surface area contributed by atoms with E-state index in [-0.39, 0.29) is 23.4 Å². The standard InChI is InChI=1S/C22H30F3N3O2/c1-14-10-16(12-17(11-14)22(23,24)25)19(29)27-13-15-4-6-18(7-5-15)28-20(30)21(26)8-2-3-9-21/h10-12,15,18H,2-9,13,26H2,1H3,(H,27,29)(H,28,30). The van der Waals surface area contributed by atoms with Gasteiger partial charge in [0.1, 0.15) is 0 Å². The summed E-state index contributed by atoms with van der Waals surface area (Å²) in [7, 11) is 0. The van der Waals surface area contributed by atoms with Crippen LogP contribution in [-0.4, -0.2) is 29.9 Å². The number of carbonyl (C=O) groups is 2. The maximum absolute atomic E-state index is 13.0. The number of hydrogen-bond donors (Lipinski definition) is 3. The van der Waals surface area contributed by atoms with E-state index >= 15 is 0 Å². The number of nitrogens with two attached hydrogens (primary N) is 1. The first-order valence-corrected chi connectivity index (χ1v) is 10.6. The Balaban J connectivity index is 1.46. The lowest BCUT2D eigenvalue weighted by Crippen LogP contribution is -2.55. The lowest BCUT2D eigenvalue weighted by atomic mass is 9.85. The van der Waals surface area contributed by atoms with Gasteiger partial charge in [-0.15, -0.1) is 0 Å². The third kappa shape index (κ3) is 5.53. The van der Waals surface area contributed by atoms with Crippen LogP contribution in [0, 0.1) is 12.8 Å². The van der Waals surface area contributed by atoms with Gasteiger partial charge in [-0.2, -0.15) is 13.2 Å². The fraction of sp³-hybridized carbons (Fsp3) is 0.636. The Morgan fingerprint density at radius 3 is 2.33 bits per heavy atom. The van der Waals surface area contributed by atoms with Gasteiger partial charge in [0.25, 0.3) is 5.91 Å². The van der Waals surface area contributed by atoms with E-state index in [1.807, 2.05) is 0 Å². The Bertz CT molecular complexity index is 780. The van der Waals surface area contributed by atoms with Crippen LogP contribution < -0.4 is 16.4 Å². The van der Waals surface area contributed by atoms with Crippen molar-refractivity contribution in [2.24, 2.45) is 11.7 Å². The minimum Gasteiger partial charge on any atom is -0.352 e. The Kier molecular flexibility index (Phi) is 6.75. The van der Waals surface area contributed by atoms with E-state index in [2.05, 4.69) is 10.6 Å². The summed E-state index contributed by atoms with van der Waals surface area (Å²) < 4.78 is 38.9. The quantitative estimate of drug-likeness (QED) is 0.673. The van der Waals surface area contributed by atoms with Gasteiger partial charge in [-0.3, -0.25) is 9.59 Å². The van der Waals surface area contributed by atoms with Gasteiger partial charge in [0.2, 0.25) is 5.91 Å². The third-order valence-corrected chi connectivity index (χ3v) is 6.35. The second kappa shape index (κ2) is 8.96. The van der Waals surface area contributed by atoms with Crippen LogP contribution in [0.1, 0.15) is 72.9 Å². The molecule has 0 atom stereocenters. The first-order chi connectivity index (χ1) is 14.1. The molecule has 0 spiro atoms. The summed E-state index contributed by atoms with van der Waals surface area (Å²) >= 11 is 0. The molecule has 2 fully saturated rings. The number of carbonyl (C=O) groups excluding carboxylic acids is 2. The molecule has 1 aromatic rings. The van der Waals surface area contributed by atoms with Gasteiger partial charge < -0.3 is 16.4 Å². The second-order valence-electron chi connectivity index (χ2n) is 8.85. The third-order valence-electron chi connectivity index (χ3n) is 6.35. The van der Waals surface area contributed by atoms with Crippen LogP contribution in [0.4, 0.5) is 13.2 Å². The van der Waals surface area contributed by atoms with Gasteiger partial charge in [0, 0.05) is 18.2 Å². The van der Waals surface area contributed by atoms with Gasteiger partial charge in [0.05, 0.1) is 11.1 Å². The molecule has 2 aliphatic carbocycles. The van der Waals surface area contributed by atoms with Crippen molar-refractivity contribution in [3.05, 3.63) is 34.9 Å². The molecular formula is C22H30F3N3O2. The summed E-state index contributed by atoms with van der Waals surface area (Å²) in [6, 6.07) is 3.48. The van der Waals surface area contributed by atoms with Crippen LogP contribution in [-0.2, 0) is 11.0 Å². The number of hydrogen-bond acceptors (Lipinski definition) is 3. The summed E-state index contributed by atoms with van der Waals surface area (Å²) in [4.78, 5) is 24.8. The van der Waals surface area contributed by atoms with Gasteiger partial charge in [-0.05, 0) is 75.1 Å². The van der Waals surface area contributed by atoms with E-state index < -0.39 is 23.2 Å². The largest absolute Gasteiger partial charge is 0.416 e. The summed E-state index contributed by atoms with van der Waals surface area (Å²) in [5.41, 5.74) is 5.07. The van der Waals surface area contributed by atoms with Crippen molar-refractivity contribution in [2.75, 3.05) is 6.54 Å². The maximum Gasteiger partial charge on any atom is 0.416 e. The lowest BCUT2D eigenvalue weighted by Gasteiger charge is -2.32. The van der Waals surface area contributed by atoms with Crippen LogP contribution in [0.25, 0.3) is 0 Å².